The third-order valence-corrected chi connectivity index (χ3v) is 3.64. The Hall–Kier alpha value is -1.89. The number of carbonyl (C=O) groups excluding carboxylic acids is 1. The van der Waals surface area contributed by atoms with Gasteiger partial charge in [0.15, 0.2) is 0 Å². The molecule has 0 spiro atoms. The largest absolute Gasteiger partial charge is 0.338 e. The number of urea groups is 1. The number of hydrogen-bond donors (Lipinski definition) is 1. The van der Waals surface area contributed by atoms with E-state index < -0.39 is 0 Å². The van der Waals surface area contributed by atoms with E-state index in [-0.39, 0.29) is 6.03 Å². The second-order valence-electron chi connectivity index (χ2n) is 4.64. The first-order chi connectivity index (χ1) is 9.65. The highest BCUT2D eigenvalue weighted by Gasteiger charge is 2.09. The molecule has 0 aliphatic rings. The van der Waals surface area contributed by atoms with Crippen LogP contribution in [0.1, 0.15) is 17.0 Å². The molecule has 1 N–H and O–H groups in total. The van der Waals surface area contributed by atoms with Crippen LogP contribution in [0.3, 0.4) is 0 Å². The minimum absolute atomic E-state index is 0.0635. The third-order valence-electron chi connectivity index (χ3n) is 2.88. The minimum Gasteiger partial charge on any atom is -0.338 e. The van der Waals surface area contributed by atoms with E-state index in [1.807, 2.05) is 24.8 Å². The van der Waals surface area contributed by atoms with Crippen molar-refractivity contribution in [1.82, 2.24) is 25.0 Å². The maximum Gasteiger partial charge on any atom is 0.317 e. The van der Waals surface area contributed by atoms with Gasteiger partial charge in [0.05, 0.1) is 12.7 Å². The van der Waals surface area contributed by atoms with Crippen molar-refractivity contribution >= 4 is 17.4 Å². The zero-order chi connectivity index (χ0) is 14.4. The van der Waals surface area contributed by atoms with Gasteiger partial charge in [-0.15, -0.1) is 11.3 Å². The number of amides is 2. The lowest BCUT2D eigenvalue weighted by Gasteiger charge is -2.16. The lowest BCUT2D eigenvalue weighted by molar-refractivity contribution is 0.206. The van der Waals surface area contributed by atoms with Gasteiger partial charge in [0.25, 0.3) is 0 Å². The molecule has 6 nitrogen and oxygen atoms in total. The Balaban J connectivity index is 1.64. The van der Waals surface area contributed by atoms with Gasteiger partial charge in [-0.25, -0.2) is 9.78 Å². The van der Waals surface area contributed by atoms with Gasteiger partial charge in [-0.1, -0.05) is 0 Å². The van der Waals surface area contributed by atoms with Crippen molar-refractivity contribution in [3.63, 3.8) is 0 Å². The number of aromatic nitrogens is 3. The lowest BCUT2D eigenvalue weighted by Crippen LogP contribution is -2.37. The molecule has 7 heteroatoms. The van der Waals surface area contributed by atoms with Crippen molar-refractivity contribution in [1.29, 1.82) is 0 Å². The van der Waals surface area contributed by atoms with E-state index in [0.29, 0.717) is 13.1 Å². The maximum atomic E-state index is 11.9. The van der Waals surface area contributed by atoms with Crippen molar-refractivity contribution in [2.45, 2.75) is 19.4 Å². The number of nitrogens with zero attached hydrogens (tertiary/aromatic N) is 4. The van der Waals surface area contributed by atoms with Crippen LogP contribution >= 0.6 is 11.3 Å². The monoisotopic (exact) mass is 293 g/mol. The molecule has 0 atom stereocenters. The van der Waals surface area contributed by atoms with E-state index in [1.165, 1.54) is 5.56 Å². The second-order valence-corrected chi connectivity index (χ2v) is 5.62. The van der Waals surface area contributed by atoms with Gasteiger partial charge < -0.3 is 10.2 Å². The summed E-state index contributed by atoms with van der Waals surface area (Å²) in [6.45, 7) is 1.21. The molecule has 0 bridgehead atoms. The topological polar surface area (TPSA) is 63.1 Å². The first kappa shape index (κ1) is 14.5. The highest BCUT2D eigenvalue weighted by molar-refractivity contribution is 7.09. The van der Waals surface area contributed by atoms with Crippen molar-refractivity contribution in [2.24, 2.45) is 7.05 Å². The molecule has 0 saturated heterocycles. The Morgan fingerprint density at radius 3 is 3.05 bits per heavy atom. The third kappa shape index (κ3) is 4.34. The summed E-state index contributed by atoms with van der Waals surface area (Å²) in [6, 6.07) is -0.0635. The Morgan fingerprint density at radius 2 is 2.40 bits per heavy atom. The molecule has 0 fully saturated rings. The van der Waals surface area contributed by atoms with Gasteiger partial charge in [0, 0.05) is 38.4 Å². The first-order valence-corrected chi connectivity index (χ1v) is 7.38. The van der Waals surface area contributed by atoms with E-state index in [1.54, 1.807) is 34.2 Å². The van der Waals surface area contributed by atoms with Crippen molar-refractivity contribution in [2.75, 3.05) is 13.6 Å². The molecular weight excluding hydrogens is 274 g/mol. The summed E-state index contributed by atoms with van der Waals surface area (Å²) in [7, 11) is 3.68. The molecule has 0 unspecified atom stereocenters. The van der Waals surface area contributed by atoms with Crippen molar-refractivity contribution in [3.8, 4) is 0 Å². The Morgan fingerprint density at radius 1 is 1.55 bits per heavy atom. The quantitative estimate of drug-likeness (QED) is 0.824. The molecule has 0 radical (unpaired) electrons. The summed E-state index contributed by atoms with van der Waals surface area (Å²) in [6.07, 6.45) is 7.43. The van der Waals surface area contributed by atoms with Crippen LogP contribution in [-0.2, 0) is 20.0 Å². The van der Waals surface area contributed by atoms with Gasteiger partial charge in [-0.05, 0) is 18.4 Å². The van der Waals surface area contributed by atoms with Crippen LogP contribution in [0.4, 0.5) is 4.79 Å². The summed E-state index contributed by atoms with van der Waals surface area (Å²) >= 11 is 1.55. The molecule has 2 aromatic heterocycles. The van der Waals surface area contributed by atoms with E-state index in [9.17, 15) is 4.79 Å². The summed E-state index contributed by atoms with van der Waals surface area (Å²) in [5.41, 5.74) is 1.19. The number of thiazole rings is 1. The van der Waals surface area contributed by atoms with Gasteiger partial charge in [-0.3, -0.25) is 4.68 Å². The molecule has 20 heavy (non-hydrogen) atoms. The zero-order valence-electron chi connectivity index (χ0n) is 11.7. The highest BCUT2D eigenvalue weighted by Crippen LogP contribution is 2.06. The van der Waals surface area contributed by atoms with Crippen LogP contribution < -0.4 is 5.32 Å². The molecule has 0 aliphatic heterocycles. The molecule has 2 rings (SSSR count). The molecular formula is C13H19N5OS. The minimum atomic E-state index is -0.0635. The fourth-order valence-corrected chi connectivity index (χ4v) is 2.50. The molecule has 2 amide bonds. The summed E-state index contributed by atoms with van der Waals surface area (Å²) < 4.78 is 1.79. The van der Waals surface area contributed by atoms with Gasteiger partial charge in [0.2, 0.25) is 0 Å². The fourth-order valence-electron chi connectivity index (χ4n) is 1.83. The number of nitrogens with one attached hydrogen (secondary N) is 1. The molecule has 108 valence electrons. The van der Waals surface area contributed by atoms with Crippen LogP contribution in [0.5, 0.6) is 0 Å². The lowest BCUT2D eigenvalue weighted by atomic mass is 10.2. The fraction of sp³-hybridized carbons (Fsp3) is 0.462. The van der Waals surface area contributed by atoms with E-state index >= 15 is 0 Å². The number of hydrogen-bond acceptors (Lipinski definition) is 4. The van der Waals surface area contributed by atoms with Gasteiger partial charge >= 0.3 is 6.03 Å². The molecule has 0 aliphatic carbocycles. The van der Waals surface area contributed by atoms with Crippen LogP contribution in [-0.4, -0.2) is 39.3 Å². The highest BCUT2D eigenvalue weighted by atomic mass is 32.1. The van der Waals surface area contributed by atoms with Crippen LogP contribution in [0.15, 0.2) is 24.0 Å². The van der Waals surface area contributed by atoms with E-state index in [0.717, 1.165) is 17.8 Å². The molecule has 2 heterocycles. The SMILES string of the molecule is CN(Cc1nccs1)C(=O)NCCCc1cnn(C)c1. The normalized spacial score (nSPS) is 10.5. The summed E-state index contributed by atoms with van der Waals surface area (Å²) in [5, 5.41) is 9.88. The van der Waals surface area contributed by atoms with Crippen LogP contribution in [0, 0.1) is 0 Å². The maximum absolute atomic E-state index is 11.9. The van der Waals surface area contributed by atoms with E-state index in [2.05, 4.69) is 15.4 Å². The average Bonchev–Trinajstić information content (AvgIpc) is 3.06. The number of carbonyl (C=O) groups is 1. The number of rotatable bonds is 6. The Kier molecular flexibility index (Phi) is 5.11. The van der Waals surface area contributed by atoms with Crippen LogP contribution in [0.25, 0.3) is 0 Å². The van der Waals surface area contributed by atoms with Crippen molar-refractivity contribution < 1.29 is 4.79 Å². The Bertz CT molecular complexity index is 537. The molecule has 0 aromatic carbocycles. The summed E-state index contributed by atoms with van der Waals surface area (Å²) in [5.74, 6) is 0. The smallest absolute Gasteiger partial charge is 0.317 e. The Labute approximate surface area is 122 Å². The van der Waals surface area contributed by atoms with Gasteiger partial charge in [0.1, 0.15) is 5.01 Å². The predicted molar refractivity (Wildman–Crippen MR) is 78.5 cm³/mol. The zero-order valence-corrected chi connectivity index (χ0v) is 12.6. The van der Waals surface area contributed by atoms with Gasteiger partial charge in [-0.2, -0.15) is 5.10 Å². The van der Waals surface area contributed by atoms with Crippen molar-refractivity contribution in [3.05, 3.63) is 34.5 Å². The standard InChI is InChI=1S/C13H19N5OS/c1-17(10-12-14-6-7-20-12)13(19)15-5-3-4-11-8-16-18(2)9-11/h6-9H,3-5,10H2,1-2H3,(H,15,19). The molecule has 2 aromatic rings. The average molecular weight is 293 g/mol. The predicted octanol–water partition coefficient (Wildman–Crippen LogP) is 1.65. The van der Waals surface area contributed by atoms with Crippen LogP contribution in [0.2, 0.25) is 0 Å². The summed E-state index contributed by atoms with van der Waals surface area (Å²) in [4.78, 5) is 17.7. The second kappa shape index (κ2) is 7.04. The first-order valence-electron chi connectivity index (χ1n) is 6.50. The molecule has 0 saturated carbocycles. The van der Waals surface area contributed by atoms with E-state index in [4.69, 9.17) is 0 Å². The number of aryl methyl sites for hydroxylation is 2.